The predicted molar refractivity (Wildman–Crippen MR) is 44.2 cm³/mol. The first-order valence-electron chi connectivity index (χ1n) is 4.12. The second-order valence-electron chi connectivity index (χ2n) is 3.10. The number of nitrogens with zero attached hydrogens (tertiary/aromatic N) is 1. The molecule has 2 aliphatic rings. The number of rotatable bonds is 1. The summed E-state index contributed by atoms with van der Waals surface area (Å²) in [4.78, 5) is 13.2. The monoisotopic (exact) mass is 165 g/mol. The van der Waals surface area contributed by atoms with Gasteiger partial charge in [-0.15, -0.1) is 0 Å². The highest BCUT2D eigenvalue weighted by Crippen LogP contribution is 2.24. The van der Waals surface area contributed by atoms with E-state index in [4.69, 9.17) is 5.11 Å². The minimum atomic E-state index is -0.00306. The molecule has 2 heterocycles. The lowest BCUT2D eigenvalue weighted by atomic mass is 10.1. The molecular weight excluding hydrogens is 154 g/mol. The van der Waals surface area contributed by atoms with Crippen molar-refractivity contribution in [1.29, 1.82) is 0 Å². The van der Waals surface area contributed by atoms with E-state index in [2.05, 4.69) is 0 Å². The van der Waals surface area contributed by atoms with Crippen LogP contribution in [0.15, 0.2) is 23.4 Å². The Bertz CT molecular complexity index is 278. The average Bonchev–Trinajstić information content (AvgIpc) is 2.52. The molecular formula is C9H11NO2. The molecule has 1 N–H and O–H groups in total. The molecule has 0 saturated carbocycles. The Morgan fingerprint density at radius 1 is 1.58 bits per heavy atom. The summed E-state index contributed by atoms with van der Waals surface area (Å²) in [5.74, 6) is 0.116. The molecule has 0 aromatic rings. The summed E-state index contributed by atoms with van der Waals surface area (Å²) in [5, 5.41) is 8.86. The molecule has 12 heavy (non-hydrogen) atoms. The zero-order chi connectivity index (χ0) is 8.55. The van der Waals surface area contributed by atoms with Crippen molar-refractivity contribution in [3.05, 3.63) is 23.4 Å². The van der Waals surface area contributed by atoms with Crippen LogP contribution in [0.1, 0.15) is 12.8 Å². The number of aliphatic hydroxyl groups excluding tert-OH is 1. The Labute approximate surface area is 71.0 Å². The van der Waals surface area contributed by atoms with Crippen LogP contribution in [0.5, 0.6) is 0 Å². The zero-order valence-corrected chi connectivity index (χ0v) is 6.79. The number of fused-ring (bicyclic) bond motifs is 1. The van der Waals surface area contributed by atoms with Crippen molar-refractivity contribution in [2.24, 2.45) is 0 Å². The molecule has 0 spiro atoms. The van der Waals surface area contributed by atoms with Crippen LogP contribution in [0.25, 0.3) is 0 Å². The first-order chi connectivity index (χ1) is 5.81. The Morgan fingerprint density at radius 3 is 3.17 bits per heavy atom. The molecule has 3 nitrogen and oxygen atoms in total. The third kappa shape index (κ3) is 1.06. The van der Waals surface area contributed by atoms with Crippen molar-refractivity contribution >= 4 is 5.91 Å². The second kappa shape index (κ2) is 2.75. The number of allylic oxidation sites excluding steroid dienone is 1. The van der Waals surface area contributed by atoms with Gasteiger partial charge in [-0.05, 0) is 18.1 Å². The van der Waals surface area contributed by atoms with Gasteiger partial charge in [-0.3, -0.25) is 4.79 Å². The number of hydrogen-bond donors (Lipinski definition) is 1. The molecule has 0 saturated heterocycles. The molecule has 3 heteroatoms. The van der Waals surface area contributed by atoms with Crippen molar-refractivity contribution in [2.45, 2.75) is 12.8 Å². The van der Waals surface area contributed by atoms with Crippen LogP contribution in [-0.4, -0.2) is 29.1 Å². The summed E-state index contributed by atoms with van der Waals surface area (Å²) in [5.41, 5.74) is 1.79. The molecule has 0 atom stereocenters. The lowest BCUT2D eigenvalue weighted by Crippen LogP contribution is -2.30. The maximum absolute atomic E-state index is 11.4. The number of carbonyl (C=O) groups is 1. The van der Waals surface area contributed by atoms with Crippen LogP contribution in [0, 0.1) is 0 Å². The maximum atomic E-state index is 11.4. The van der Waals surface area contributed by atoms with Crippen LogP contribution in [0.2, 0.25) is 0 Å². The number of carbonyl (C=O) groups excluding carboxylic acids is 1. The van der Waals surface area contributed by atoms with Gasteiger partial charge >= 0.3 is 0 Å². The molecule has 2 rings (SSSR count). The van der Waals surface area contributed by atoms with E-state index in [-0.39, 0.29) is 12.5 Å². The molecule has 0 fully saturated rings. The highest BCUT2D eigenvalue weighted by molar-refractivity contribution is 5.83. The van der Waals surface area contributed by atoms with E-state index in [0.717, 1.165) is 24.2 Å². The quantitative estimate of drug-likeness (QED) is 0.612. The van der Waals surface area contributed by atoms with Crippen LogP contribution >= 0.6 is 0 Å². The topological polar surface area (TPSA) is 40.5 Å². The van der Waals surface area contributed by atoms with Crippen LogP contribution < -0.4 is 0 Å². The predicted octanol–water partition coefficient (Wildman–Crippen LogP) is 0.425. The van der Waals surface area contributed by atoms with Gasteiger partial charge < -0.3 is 10.0 Å². The van der Waals surface area contributed by atoms with Crippen LogP contribution in [0.3, 0.4) is 0 Å². The molecule has 0 bridgehead atoms. The molecule has 0 aliphatic carbocycles. The second-order valence-corrected chi connectivity index (χ2v) is 3.10. The van der Waals surface area contributed by atoms with E-state index in [1.807, 2.05) is 12.2 Å². The Balaban J connectivity index is 2.30. The summed E-state index contributed by atoms with van der Waals surface area (Å²) < 4.78 is 0. The Hall–Kier alpha value is -1.09. The minimum Gasteiger partial charge on any atom is -0.392 e. The summed E-state index contributed by atoms with van der Waals surface area (Å²) in [7, 11) is 0. The summed E-state index contributed by atoms with van der Waals surface area (Å²) in [6, 6.07) is 0. The molecule has 64 valence electrons. The Kier molecular flexibility index (Phi) is 1.73. The molecule has 0 aromatic heterocycles. The molecule has 0 unspecified atom stereocenters. The van der Waals surface area contributed by atoms with E-state index < -0.39 is 0 Å². The zero-order valence-electron chi connectivity index (χ0n) is 6.79. The van der Waals surface area contributed by atoms with E-state index in [0.29, 0.717) is 6.42 Å². The van der Waals surface area contributed by atoms with Gasteiger partial charge in [-0.1, -0.05) is 6.08 Å². The van der Waals surface area contributed by atoms with Crippen molar-refractivity contribution in [1.82, 2.24) is 4.90 Å². The van der Waals surface area contributed by atoms with E-state index in [1.54, 1.807) is 4.90 Å². The SMILES string of the molecule is O=C1CC(CO)=CC2=CCCN12. The fraction of sp³-hybridized carbons (Fsp3) is 0.444. The number of amides is 1. The van der Waals surface area contributed by atoms with Gasteiger partial charge in [0.2, 0.25) is 5.91 Å². The first kappa shape index (κ1) is 7.55. The molecule has 2 aliphatic heterocycles. The molecule has 0 aromatic carbocycles. The fourth-order valence-electron chi connectivity index (χ4n) is 1.64. The van der Waals surface area contributed by atoms with Crippen molar-refractivity contribution in [3.8, 4) is 0 Å². The smallest absolute Gasteiger partial charge is 0.231 e. The number of aliphatic hydroxyl groups is 1. The van der Waals surface area contributed by atoms with Crippen molar-refractivity contribution < 1.29 is 9.90 Å². The van der Waals surface area contributed by atoms with Gasteiger partial charge in [-0.25, -0.2) is 0 Å². The maximum Gasteiger partial charge on any atom is 0.231 e. The van der Waals surface area contributed by atoms with Gasteiger partial charge in [-0.2, -0.15) is 0 Å². The first-order valence-corrected chi connectivity index (χ1v) is 4.12. The largest absolute Gasteiger partial charge is 0.392 e. The standard InChI is InChI=1S/C9H11NO2/c11-6-7-4-8-2-1-3-10(8)9(12)5-7/h2,4,11H,1,3,5-6H2. The highest BCUT2D eigenvalue weighted by Gasteiger charge is 2.25. The van der Waals surface area contributed by atoms with Crippen LogP contribution in [0.4, 0.5) is 0 Å². The lowest BCUT2D eigenvalue weighted by molar-refractivity contribution is -0.128. The lowest BCUT2D eigenvalue weighted by Gasteiger charge is -2.23. The van der Waals surface area contributed by atoms with Gasteiger partial charge in [0, 0.05) is 12.2 Å². The summed E-state index contributed by atoms with van der Waals surface area (Å²) in [6.07, 6.45) is 5.27. The van der Waals surface area contributed by atoms with Gasteiger partial charge in [0.25, 0.3) is 0 Å². The average molecular weight is 165 g/mol. The normalized spacial score (nSPS) is 22.1. The highest BCUT2D eigenvalue weighted by atomic mass is 16.3. The Morgan fingerprint density at radius 2 is 2.42 bits per heavy atom. The third-order valence-electron chi connectivity index (χ3n) is 2.25. The van der Waals surface area contributed by atoms with Gasteiger partial charge in [0.1, 0.15) is 0 Å². The number of hydrogen-bond acceptors (Lipinski definition) is 2. The van der Waals surface area contributed by atoms with Crippen LogP contribution in [-0.2, 0) is 4.79 Å². The van der Waals surface area contributed by atoms with E-state index in [1.165, 1.54) is 0 Å². The summed E-state index contributed by atoms with van der Waals surface area (Å²) in [6.45, 7) is 0.806. The van der Waals surface area contributed by atoms with Gasteiger partial charge in [0.15, 0.2) is 0 Å². The van der Waals surface area contributed by atoms with E-state index >= 15 is 0 Å². The minimum absolute atomic E-state index is 0.00306. The fourth-order valence-corrected chi connectivity index (χ4v) is 1.64. The molecule has 1 amide bonds. The van der Waals surface area contributed by atoms with Crippen molar-refractivity contribution in [3.63, 3.8) is 0 Å². The third-order valence-corrected chi connectivity index (χ3v) is 2.25. The molecule has 0 radical (unpaired) electrons. The van der Waals surface area contributed by atoms with Gasteiger partial charge in [0.05, 0.1) is 13.0 Å². The van der Waals surface area contributed by atoms with Crippen molar-refractivity contribution in [2.75, 3.05) is 13.2 Å². The van der Waals surface area contributed by atoms with E-state index in [9.17, 15) is 4.79 Å². The summed E-state index contributed by atoms with van der Waals surface area (Å²) >= 11 is 0.